The van der Waals surface area contributed by atoms with Crippen molar-refractivity contribution in [3.63, 3.8) is 0 Å². The molecule has 3 heteroatoms. The van der Waals surface area contributed by atoms with Gasteiger partial charge in [-0.05, 0) is 34.1 Å². The Hall–Kier alpha value is 0.270. The number of nitrogens with one attached hydrogen (secondary N) is 1. The van der Waals surface area contributed by atoms with Crippen molar-refractivity contribution in [3.8, 4) is 0 Å². The molecule has 82 valence electrons. The minimum absolute atomic E-state index is 0.0102. The van der Waals surface area contributed by atoms with Gasteiger partial charge in [-0.2, -0.15) is 11.8 Å². The van der Waals surface area contributed by atoms with E-state index in [1.165, 1.54) is 11.5 Å². The predicted octanol–water partition coefficient (Wildman–Crippen LogP) is 2.04. The average molecular weight is 215 g/mol. The Labute approximate surface area is 91.2 Å². The maximum Gasteiger partial charge on any atom is 0.0787 e. The van der Waals surface area contributed by atoms with Crippen LogP contribution in [-0.2, 0) is 4.74 Å². The zero-order valence-corrected chi connectivity index (χ0v) is 10.4. The van der Waals surface area contributed by atoms with E-state index >= 15 is 0 Å². The Morgan fingerprint density at radius 1 is 1.21 bits per heavy atom. The summed E-state index contributed by atoms with van der Waals surface area (Å²) < 4.78 is 6.05. The molecule has 0 spiro atoms. The molecule has 0 aromatic rings. The molecule has 0 saturated carbocycles. The van der Waals surface area contributed by atoms with Gasteiger partial charge in [0, 0.05) is 23.6 Å². The van der Waals surface area contributed by atoms with Crippen molar-refractivity contribution in [1.82, 2.24) is 5.32 Å². The van der Waals surface area contributed by atoms with Crippen LogP contribution in [0.15, 0.2) is 0 Å². The zero-order chi connectivity index (χ0) is 10.4. The van der Waals surface area contributed by atoms with Gasteiger partial charge < -0.3 is 10.1 Å². The van der Waals surface area contributed by atoms with Crippen LogP contribution >= 0.6 is 11.8 Å². The van der Waals surface area contributed by atoms with E-state index in [4.69, 9.17) is 4.74 Å². The molecule has 14 heavy (non-hydrogen) atoms. The largest absolute Gasteiger partial charge is 0.368 e. The van der Waals surface area contributed by atoms with Crippen molar-refractivity contribution in [2.45, 2.75) is 57.4 Å². The highest BCUT2D eigenvalue weighted by Gasteiger charge is 2.46. The average Bonchev–Trinajstić information content (AvgIpc) is 2.10. The van der Waals surface area contributed by atoms with Crippen molar-refractivity contribution in [1.29, 1.82) is 0 Å². The molecule has 1 N–H and O–H groups in total. The molecule has 2 rings (SSSR count). The highest BCUT2D eigenvalue weighted by atomic mass is 32.2. The van der Waals surface area contributed by atoms with Crippen LogP contribution in [0.4, 0.5) is 0 Å². The fraction of sp³-hybridized carbons (Fsp3) is 1.00. The summed E-state index contributed by atoms with van der Waals surface area (Å²) in [6.07, 6.45) is 1.13. The molecule has 2 nitrogen and oxygen atoms in total. The van der Waals surface area contributed by atoms with Gasteiger partial charge in [-0.25, -0.2) is 0 Å². The van der Waals surface area contributed by atoms with Crippen molar-refractivity contribution >= 4 is 11.8 Å². The summed E-state index contributed by atoms with van der Waals surface area (Å²) in [4.78, 5) is 0. The first-order valence-corrected chi connectivity index (χ1v) is 6.58. The lowest BCUT2D eigenvalue weighted by Crippen LogP contribution is -2.52. The molecule has 2 aliphatic rings. The summed E-state index contributed by atoms with van der Waals surface area (Å²) in [6, 6.07) is 1.24. The molecule has 0 aliphatic carbocycles. The maximum atomic E-state index is 6.05. The molecule has 1 unspecified atom stereocenters. The quantitative estimate of drug-likeness (QED) is 0.761. The summed E-state index contributed by atoms with van der Waals surface area (Å²) in [5.74, 6) is 2.54. The highest BCUT2D eigenvalue weighted by molar-refractivity contribution is 8.00. The summed E-state index contributed by atoms with van der Waals surface area (Å²) in [5.41, 5.74) is 0.0296. The maximum absolute atomic E-state index is 6.05. The van der Waals surface area contributed by atoms with E-state index in [2.05, 4.69) is 33.0 Å². The van der Waals surface area contributed by atoms with Crippen LogP contribution in [0.1, 0.15) is 34.1 Å². The van der Waals surface area contributed by atoms with Gasteiger partial charge >= 0.3 is 0 Å². The monoisotopic (exact) mass is 215 g/mol. The number of thioether (sulfide) groups is 1. The van der Waals surface area contributed by atoms with Crippen LogP contribution < -0.4 is 5.32 Å². The van der Waals surface area contributed by atoms with Crippen molar-refractivity contribution in [3.05, 3.63) is 0 Å². The predicted molar refractivity (Wildman–Crippen MR) is 61.9 cm³/mol. The van der Waals surface area contributed by atoms with Crippen LogP contribution in [0.2, 0.25) is 0 Å². The lowest BCUT2D eigenvalue weighted by Gasteiger charge is -2.34. The summed E-state index contributed by atoms with van der Waals surface area (Å²) in [6.45, 7) is 8.77. The third-order valence-corrected chi connectivity index (χ3v) is 4.43. The first-order chi connectivity index (χ1) is 6.39. The Balaban J connectivity index is 1.96. The number of hydrogen-bond acceptors (Lipinski definition) is 3. The van der Waals surface area contributed by atoms with E-state index in [1.54, 1.807) is 0 Å². The Kier molecular flexibility index (Phi) is 2.61. The van der Waals surface area contributed by atoms with E-state index in [0.29, 0.717) is 6.04 Å². The number of ether oxygens (including phenoxy) is 1. The second kappa shape index (κ2) is 3.39. The van der Waals surface area contributed by atoms with Gasteiger partial charge in [-0.3, -0.25) is 0 Å². The fourth-order valence-electron chi connectivity index (χ4n) is 2.44. The van der Waals surface area contributed by atoms with Crippen LogP contribution in [-0.4, -0.2) is 34.8 Å². The lowest BCUT2D eigenvalue weighted by atomic mass is 9.94. The van der Waals surface area contributed by atoms with Gasteiger partial charge in [0.05, 0.1) is 11.2 Å². The third kappa shape index (κ3) is 2.10. The van der Waals surface area contributed by atoms with Crippen LogP contribution in [0.25, 0.3) is 0 Å². The number of hydrogen-bond donors (Lipinski definition) is 1. The number of rotatable bonds is 2. The molecule has 0 aromatic carbocycles. The molecule has 0 bridgehead atoms. The van der Waals surface area contributed by atoms with E-state index in [9.17, 15) is 0 Å². The molecule has 0 amide bonds. The van der Waals surface area contributed by atoms with Crippen molar-refractivity contribution < 1.29 is 4.74 Å². The van der Waals surface area contributed by atoms with Gasteiger partial charge in [-0.15, -0.1) is 0 Å². The van der Waals surface area contributed by atoms with Gasteiger partial charge in [0.1, 0.15) is 0 Å². The minimum Gasteiger partial charge on any atom is -0.368 e. The molecular weight excluding hydrogens is 194 g/mol. The van der Waals surface area contributed by atoms with Gasteiger partial charge in [-0.1, -0.05) is 0 Å². The molecule has 1 atom stereocenters. The standard InChI is InChI=1S/C11H21NOS/c1-10(2)5-9(11(3,4)13-10)12-8-6-14-7-8/h8-9,12H,5-7H2,1-4H3. The Bertz CT molecular complexity index is 223. The Morgan fingerprint density at radius 2 is 1.86 bits per heavy atom. The first-order valence-electron chi connectivity index (χ1n) is 5.43. The second-order valence-electron chi connectivity index (χ2n) is 5.62. The van der Waals surface area contributed by atoms with E-state index in [1.807, 2.05) is 11.8 Å². The molecule has 0 radical (unpaired) electrons. The normalized spacial score (nSPS) is 35.6. The molecule has 2 fully saturated rings. The van der Waals surface area contributed by atoms with E-state index < -0.39 is 0 Å². The lowest BCUT2D eigenvalue weighted by molar-refractivity contribution is -0.0702. The second-order valence-corrected chi connectivity index (χ2v) is 6.70. The molecule has 0 aromatic heterocycles. The highest BCUT2D eigenvalue weighted by Crippen LogP contribution is 2.38. The first kappa shape index (κ1) is 10.8. The third-order valence-electron chi connectivity index (χ3n) is 3.15. The minimum atomic E-state index is -0.0102. The molecule has 2 aliphatic heterocycles. The smallest absolute Gasteiger partial charge is 0.0787 e. The Morgan fingerprint density at radius 3 is 2.21 bits per heavy atom. The van der Waals surface area contributed by atoms with Crippen LogP contribution in [0, 0.1) is 0 Å². The summed E-state index contributed by atoms with van der Waals surface area (Å²) in [5, 5.41) is 3.72. The molecular formula is C11H21NOS. The fourth-order valence-corrected chi connectivity index (χ4v) is 3.10. The SMILES string of the molecule is CC1(C)CC(NC2CSC2)C(C)(C)O1. The van der Waals surface area contributed by atoms with Crippen LogP contribution in [0.5, 0.6) is 0 Å². The van der Waals surface area contributed by atoms with Gasteiger partial charge in [0.15, 0.2) is 0 Å². The molecule has 2 heterocycles. The van der Waals surface area contributed by atoms with E-state index in [-0.39, 0.29) is 11.2 Å². The van der Waals surface area contributed by atoms with E-state index in [0.717, 1.165) is 12.5 Å². The zero-order valence-electron chi connectivity index (χ0n) is 9.59. The molecule has 2 saturated heterocycles. The van der Waals surface area contributed by atoms with Gasteiger partial charge in [0.2, 0.25) is 0 Å². The summed E-state index contributed by atoms with van der Waals surface area (Å²) >= 11 is 2.03. The van der Waals surface area contributed by atoms with Crippen molar-refractivity contribution in [2.24, 2.45) is 0 Å². The van der Waals surface area contributed by atoms with Crippen molar-refractivity contribution in [2.75, 3.05) is 11.5 Å². The topological polar surface area (TPSA) is 21.3 Å². The van der Waals surface area contributed by atoms with Gasteiger partial charge in [0.25, 0.3) is 0 Å². The van der Waals surface area contributed by atoms with Crippen LogP contribution in [0.3, 0.4) is 0 Å². The summed E-state index contributed by atoms with van der Waals surface area (Å²) in [7, 11) is 0.